The Kier molecular flexibility index (Phi) is 1.38. The van der Waals surface area contributed by atoms with Crippen LogP contribution in [0.2, 0.25) is 0 Å². The van der Waals surface area contributed by atoms with Gasteiger partial charge in [0.05, 0.1) is 0 Å². The van der Waals surface area contributed by atoms with Gasteiger partial charge < -0.3 is 0 Å². The molecule has 0 unspecified atom stereocenters. The van der Waals surface area contributed by atoms with Gasteiger partial charge in [0.1, 0.15) is 11.6 Å². The highest BCUT2D eigenvalue weighted by Gasteiger charge is 2.46. The van der Waals surface area contributed by atoms with E-state index in [-0.39, 0.29) is 17.6 Å². The molecule has 2 aliphatic carbocycles. The second kappa shape index (κ2) is 2.16. The molecule has 0 heterocycles. The van der Waals surface area contributed by atoms with Crippen molar-refractivity contribution in [1.82, 2.24) is 0 Å². The van der Waals surface area contributed by atoms with Crippen LogP contribution in [-0.4, -0.2) is 11.6 Å². The molecule has 0 saturated heterocycles. The third-order valence-electron chi connectivity index (χ3n) is 3.14. The molecule has 11 heavy (non-hydrogen) atoms. The van der Waals surface area contributed by atoms with Crippen molar-refractivity contribution in [3.8, 4) is 0 Å². The van der Waals surface area contributed by atoms with E-state index in [0.717, 1.165) is 12.8 Å². The van der Waals surface area contributed by atoms with Crippen LogP contribution < -0.4 is 0 Å². The van der Waals surface area contributed by atoms with E-state index in [1.165, 1.54) is 0 Å². The van der Waals surface area contributed by atoms with E-state index in [4.69, 9.17) is 0 Å². The quantitative estimate of drug-likeness (QED) is 0.565. The average molecular weight is 152 g/mol. The lowest BCUT2D eigenvalue weighted by Crippen LogP contribution is -2.22. The third-order valence-corrected chi connectivity index (χ3v) is 3.14. The molecule has 3 atom stereocenters. The molecular formula is C9H12O2. The standard InChI is InChI=1S/C9H12O2/c1-5(10)8-3-7-2-6(8)4-9(7)11/h6-8H,2-4H2,1H3/t6-,7-,8+/m1/s1. The van der Waals surface area contributed by atoms with Gasteiger partial charge in [-0.1, -0.05) is 0 Å². The van der Waals surface area contributed by atoms with Gasteiger partial charge in [-0.2, -0.15) is 0 Å². The minimum atomic E-state index is 0.220. The molecule has 0 aromatic carbocycles. The summed E-state index contributed by atoms with van der Waals surface area (Å²) >= 11 is 0. The van der Waals surface area contributed by atoms with Gasteiger partial charge >= 0.3 is 0 Å². The van der Waals surface area contributed by atoms with E-state index in [1.54, 1.807) is 6.92 Å². The van der Waals surface area contributed by atoms with E-state index in [1.807, 2.05) is 0 Å². The summed E-state index contributed by atoms with van der Waals surface area (Å²) in [7, 11) is 0. The van der Waals surface area contributed by atoms with Crippen LogP contribution in [0.15, 0.2) is 0 Å². The lowest BCUT2D eigenvalue weighted by Gasteiger charge is -2.17. The molecule has 0 aliphatic heterocycles. The van der Waals surface area contributed by atoms with Gasteiger partial charge in [0.2, 0.25) is 0 Å². The first-order chi connectivity index (χ1) is 5.18. The maximum Gasteiger partial charge on any atom is 0.136 e. The normalized spacial score (nSPS) is 41.5. The van der Waals surface area contributed by atoms with Crippen molar-refractivity contribution in [1.29, 1.82) is 0 Å². The first-order valence-corrected chi connectivity index (χ1v) is 4.21. The van der Waals surface area contributed by atoms with E-state index >= 15 is 0 Å². The summed E-state index contributed by atoms with van der Waals surface area (Å²) in [5, 5.41) is 0. The highest BCUT2D eigenvalue weighted by molar-refractivity contribution is 5.89. The Balaban J connectivity index is 2.14. The van der Waals surface area contributed by atoms with Crippen molar-refractivity contribution < 1.29 is 9.59 Å². The second-order valence-electron chi connectivity index (χ2n) is 3.82. The van der Waals surface area contributed by atoms with Gasteiger partial charge in [-0.3, -0.25) is 9.59 Å². The summed E-state index contributed by atoms with van der Waals surface area (Å²) in [6, 6.07) is 0. The molecule has 60 valence electrons. The molecule has 2 saturated carbocycles. The highest BCUT2D eigenvalue weighted by Crippen LogP contribution is 2.46. The Morgan fingerprint density at radius 2 is 2.18 bits per heavy atom. The van der Waals surface area contributed by atoms with E-state index in [0.29, 0.717) is 18.1 Å². The van der Waals surface area contributed by atoms with Gasteiger partial charge in [-0.05, 0) is 25.7 Å². The third kappa shape index (κ3) is 0.924. The van der Waals surface area contributed by atoms with Gasteiger partial charge in [0.25, 0.3) is 0 Å². The first-order valence-electron chi connectivity index (χ1n) is 4.21. The SMILES string of the molecule is CC(=O)[C@@H]1C[C@H]2C[C@@H]1CC2=O. The molecule has 0 amide bonds. The molecular weight excluding hydrogens is 140 g/mol. The molecule has 2 bridgehead atoms. The number of carbonyl (C=O) groups is 2. The van der Waals surface area contributed by atoms with Crippen LogP contribution in [0.25, 0.3) is 0 Å². The summed E-state index contributed by atoms with van der Waals surface area (Å²) in [5.74, 6) is 1.55. The molecule has 2 aliphatic rings. The van der Waals surface area contributed by atoms with E-state index < -0.39 is 0 Å². The lowest BCUT2D eigenvalue weighted by atomic mass is 9.86. The molecule has 0 radical (unpaired) electrons. The van der Waals surface area contributed by atoms with Crippen LogP contribution in [-0.2, 0) is 9.59 Å². The minimum absolute atomic E-state index is 0.220. The second-order valence-corrected chi connectivity index (χ2v) is 3.82. The van der Waals surface area contributed by atoms with Crippen LogP contribution in [0.5, 0.6) is 0 Å². The Labute approximate surface area is 66.0 Å². The number of hydrogen-bond acceptors (Lipinski definition) is 2. The fourth-order valence-electron chi connectivity index (χ4n) is 2.54. The van der Waals surface area contributed by atoms with E-state index in [2.05, 4.69) is 0 Å². The maximum absolute atomic E-state index is 11.1. The topological polar surface area (TPSA) is 34.1 Å². The Morgan fingerprint density at radius 3 is 2.55 bits per heavy atom. The summed E-state index contributed by atoms with van der Waals surface area (Å²) in [6.45, 7) is 1.65. The minimum Gasteiger partial charge on any atom is -0.300 e. The fraction of sp³-hybridized carbons (Fsp3) is 0.778. The molecule has 0 N–H and O–H groups in total. The smallest absolute Gasteiger partial charge is 0.136 e. The Morgan fingerprint density at radius 1 is 1.45 bits per heavy atom. The summed E-state index contributed by atoms with van der Waals surface area (Å²) < 4.78 is 0. The van der Waals surface area contributed by atoms with Gasteiger partial charge in [-0.25, -0.2) is 0 Å². The number of Topliss-reactive ketones (excluding diaryl/α,β-unsaturated/α-hetero) is 2. The summed E-state index contributed by atoms with van der Waals surface area (Å²) in [4.78, 5) is 22.1. The number of rotatable bonds is 1. The van der Waals surface area contributed by atoms with Crippen molar-refractivity contribution in [2.45, 2.75) is 26.2 Å². The molecule has 0 aromatic heterocycles. The zero-order chi connectivity index (χ0) is 8.01. The highest BCUT2D eigenvalue weighted by atomic mass is 16.1. The average Bonchev–Trinajstić information content (AvgIpc) is 2.43. The van der Waals surface area contributed by atoms with Crippen molar-refractivity contribution in [2.75, 3.05) is 0 Å². The summed E-state index contributed by atoms with van der Waals surface area (Å²) in [5.41, 5.74) is 0. The number of hydrogen-bond donors (Lipinski definition) is 0. The van der Waals surface area contributed by atoms with Crippen molar-refractivity contribution >= 4 is 11.6 Å². The van der Waals surface area contributed by atoms with Crippen LogP contribution >= 0.6 is 0 Å². The van der Waals surface area contributed by atoms with Crippen LogP contribution in [0.1, 0.15) is 26.2 Å². The van der Waals surface area contributed by atoms with Gasteiger partial charge in [0, 0.05) is 18.3 Å². The Bertz CT molecular complexity index is 220. The zero-order valence-electron chi connectivity index (χ0n) is 6.67. The number of carbonyl (C=O) groups excluding carboxylic acids is 2. The monoisotopic (exact) mass is 152 g/mol. The maximum atomic E-state index is 11.1. The predicted molar refractivity (Wildman–Crippen MR) is 40.0 cm³/mol. The van der Waals surface area contributed by atoms with Crippen molar-refractivity contribution in [2.24, 2.45) is 17.8 Å². The van der Waals surface area contributed by atoms with Crippen LogP contribution in [0, 0.1) is 17.8 Å². The fourth-order valence-corrected chi connectivity index (χ4v) is 2.54. The number of ketones is 2. The predicted octanol–water partition coefficient (Wildman–Crippen LogP) is 1.19. The molecule has 0 spiro atoms. The van der Waals surface area contributed by atoms with Crippen LogP contribution in [0.4, 0.5) is 0 Å². The van der Waals surface area contributed by atoms with Crippen LogP contribution in [0.3, 0.4) is 0 Å². The van der Waals surface area contributed by atoms with Crippen molar-refractivity contribution in [3.05, 3.63) is 0 Å². The van der Waals surface area contributed by atoms with Gasteiger partial charge in [-0.15, -0.1) is 0 Å². The summed E-state index contributed by atoms with van der Waals surface area (Å²) in [6.07, 6.45) is 2.51. The molecule has 0 aromatic rings. The van der Waals surface area contributed by atoms with E-state index in [9.17, 15) is 9.59 Å². The lowest BCUT2D eigenvalue weighted by molar-refractivity contribution is -0.126. The zero-order valence-corrected chi connectivity index (χ0v) is 6.67. The number of fused-ring (bicyclic) bond motifs is 2. The molecule has 2 heteroatoms. The largest absolute Gasteiger partial charge is 0.300 e. The van der Waals surface area contributed by atoms with Crippen molar-refractivity contribution in [3.63, 3.8) is 0 Å². The molecule has 2 fully saturated rings. The molecule has 2 rings (SSSR count). The molecule has 2 nitrogen and oxygen atoms in total. The van der Waals surface area contributed by atoms with Gasteiger partial charge in [0.15, 0.2) is 0 Å². The first kappa shape index (κ1) is 7.01. The Hall–Kier alpha value is -0.660.